The van der Waals surface area contributed by atoms with Crippen LogP contribution in [0.4, 0.5) is 0 Å². The molecule has 3 heteroatoms. The third-order valence-electron chi connectivity index (χ3n) is 3.48. The number of rotatable bonds is 6. The molecule has 1 saturated carbocycles. The smallest absolute Gasteiger partial charge is 0.0794 e. The lowest BCUT2D eigenvalue weighted by Gasteiger charge is -2.20. The van der Waals surface area contributed by atoms with E-state index in [0.29, 0.717) is 6.04 Å². The van der Waals surface area contributed by atoms with E-state index in [0.717, 1.165) is 12.5 Å². The Morgan fingerprint density at radius 3 is 2.94 bits per heavy atom. The highest BCUT2D eigenvalue weighted by molar-refractivity contribution is 7.09. The Bertz CT molecular complexity index is 278. The summed E-state index contributed by atoms with van der Waals surface area (Å²) in [6.45, 7) is 3.35. The maximum atomic E-state index is 4.20. The summed E-state index contributed by atoms with van der Waals surface area (Å²) >= 11 is 1.79. The highest BCUT2D eigenvalue weighted by Crippen LogP contribution is 2.33. The van der Waals surface area contributed by atoms with Crippen LogP contribution in [0.5, 0.6) is 0 Å². The molecule has 1 aliphatic carbocycles. The second-order valence-electron chi connectivity index (χ2n) is 4.80. The Hall–Kier alpha value is -0.410. The molecule has 1 aliphatic rings. The van der Waals surface area contributed by atoms with Crippen molar-refractivity contribution in [2.75, 3.05) is 6.54 Å². The van der Waals surface area contributed by atoms with Crippen molar-refractivity contribution in [2.24, 2.45) is 5.92 Å². The summed E-state index contributed by atoms with van der Waals surface area (Å²) in [6.07, 6.45) is 10.3. The summed E-state index contributed by atoms with van der Waals surface area (Å²) in [6, 6.07) is 0.551. The van der Waals surface area contributed by atoms with Crippen molar-refractivity contribution >= 4 is 11.3 Å². The van der Waals surface area contributed by atoms with E-state index in [9.17, 15) is 0 Å². The summed E-state index contributed by atoms with van der Waals surface area (Å²) in [5.41, 5.74) is 1.95. The van der Waals surface area contributed by atoms with E-state index in [4.69, 9.17) is 0 Å². The van der Waals surface area contributed by atoms with Gasteiger partial charge in [0, 0.05) is 17.1 Å². The number of nitrogens with zero attached hydrogens (tertiary/aromatic N) is 1. The van der Waals surface area contributed by atoms with Gasteiger partial charge in [0.2, 0.25) is 0 Å². The van der Waals surface area contributed by atoms with Crippen LogP contribution in [-0.2, 0) is 0 Å². The third-order valence-corrected chi connectivity index (χ3v) is 4.37. The first-order chi connectivity index (χ1) is 7.90. The lowest BCUT2D eigenvalue weighted by molar-refractivity contribution is 0.399. The Balaban J connectivity index is 1.91. The molecule has 2 rings (SSSR count). The number of aromatic nitrogens is 1. The van der Waals surface area contributed by atoms with Gasteiger partial charge >= 0.3 is 0 Å². The average Bonchev–Trinajstić information content (AvgIpc) is 2.96. The second kappa shape index (κ2) is 6.36. The zero-order valence-corrected chi connectivity index (χ0v) is 10.9. The molecule has 0 radical (unpaired) electrons. The number of hydrogen-bond donors (Lipinski definition) is 1. The summed E-state index contributed by atoms with van der Waals surface area (Å²) in [5.74, 6) is 0.941. The fourth-order valence-corrected chi connectivity index (χ4v) is 3.30. The minimum absolute atomic E-state index is 0.551. The van der Waals surface area contributed by atoms with E-state index in [1.54, 1.807) is 11.3 Å². The molecule has 0 spiro atoms. The second-order valence-corrected chi connectivity index (χ2v) is 5.71. The molecule has 0 bridgehead atoms. The van der Waals surface area contributed by atoms with Gasteiger partial charge in [0.1, 0.15) is 0 Å². The molecular weight excluding hydrogens is 216 g/mol. The fraction of sp³-hybridized carbons (Fsp3) is 0.769. The highest BCUT2D eigenvalue weighted by atomic mass is 32.1. The molecule has 0 saturated heterocycles. The first kappa shape index (κ1) is 12.1. The monoisotopic (exact) mass is 238 g/mol. The van der Waals surface area contributed by atoms with Crippen LogP contribution in [0.15, 0.2) is 11.7 Å². The van der Waals surface area contributed by atoms with Gasteiger partial charge in [0.25, 0.3) is 0 Å². The van der Waals surface area contributed by atoms with Gasteiger partial charge in [-0.3, -0.25) is 4.98 Å². The van der Waals surface area contributed by atoms with Crippen LogP contribution in [0.1, 0.15) is 56.4 Å². The molecule has 2 nitrogen and oxygen atoms in total. The normalized spacial score (nSPS) is 19.1. The Labute approximate surface area is 102 Å². The van der Waals surface area contributed by atoms with Crippen LogP contribution in [0.3, 0.4) is 0 Å². The van der Waals surface area contributed by atoms with Gasteiger partial charge in [-0.15, -0.1) is 11.3 Å². The molecule has 0 aromatic carbocycles. The summed E-state index contributed by atoms with van der Waals surface area (Å²) in [4.78, 5) is 5.62. The maximum Gasteiger partial charge on any atom is 0.0794 e. The minimum atomic E-state index is 0.551. The first-order valence-electron chi connectivity index (χ1n) is 6.52. The van der Waals surface area contributed by atoms with Crippen molar-refractivity contribution in [1.29, 1.82) is 0 Å². The van der Waals surface area contributed by atoms with Gasteiger partial charge in [0.15, 0.2) is 0 Å². The first-order valence-corrected chi connectivity index (χ1v) is 7.40. The summed E-state index contributed by atoms with van der Waals surface area (Å²) in [5, 5.41) is 3.67. The van der Waals surface area contributed by atoms with Crippen LogP contribution >= 0.6 is 11.3 Å². The standard InChI is InChI=1S/C13H22N2S/c1-2-7-15-12(13-9-14-10-16-13)8-11-5-3-4-6-11/h9-12,15H,2-8H2,1H3. The van der Waals surface area contributed by atoms with Gasteiger partial charge in [-0.25, -0.2) is 0 Å². The van der Waals surface area contributed by atoms with Crippen molar-refractivity contribution in [2.45, 2.75) is 51.5 Å². The van der Waals surface area contributed by atoms with Crippen molar-refractivity contribution < 1.29 is 0 Å². The van der Waals surface area contributed by atoms with Gasteiger partial charge in [-0.1, -0.05) is 32.6 Å². The third kappa shape index (κ3) is 3.29. The molecule has 1 unspecified atom stereocenters. The molecule has 1 N–H and O–H groups in total. The van der Waals surface area contributed by atoms with E-state index in [2.05, 4.69) is 17.2 Å². The zero-order valence-electron chi connectivity index (χ0n) is 10.1. The fourth-order valence-electron chi connectivity index (χ4n) is 2.60. The number of thiazole rings is 1. The van der Waals surface area contributed by atoms with Gasteiger partial charge in [-0.2, -0.15) is 0 Å². The summed E-state index contributed by atoms with van der Waals surface area (Å²) in [7, 11) is 0. The topological polar surface area (TPSA) is 24.9 Å². The molecular formula is C13H22N2S. The van der Waals surface area contributed by atoms with Crippen LogP contribution in [-0.4, -0.2) is 11.5 Å². The molecule has 0 amide bonds. The molecule has 1 aromatic heterocycles. The Kier molecular flexibility index (Phi) is 4.79. The SMILES string of the molecule is CCCNC(CC1CCCC1)c1cncs1. The molecule has 90 valence electrons. The molecule has 1 heterocycles. The average molecular weight is 238 g/mol. The van der Waals surface area contributed by atoms with Crippen molar-refractivity contribution in [3.63, 3.8) is 0 Å². The molecule has 1 aromatic rings. The van der Waals surface area contributed by atoms with Crippen LogP contribution in [0.2, 0.25) is 0 Å². The highest BCUT2D eigenvalue weighted by Gasteiger charge is 2.21. The zero-order chi connectivity index (χ0) is 11.2. The molecule has 1 fully saturated rings. The molecule has 16 heavy (non-hydrogen) atoms. The van der Waals surface area contributed by atoms with E-state index in [1.807, 2.05) is 11.7 Å². The van der Waals surface area contributed by atoms with Gasteiger partial charge < -0.3 is 5.32 Å². The van der Waals surface area contributed by atoms with Crippen LogP contribution in [0, 0.1) is 5.92 Å². The lowest BCUT2D eigenvalue weighted by Crippen LogP contribution is -2.23. The lowest BCUT2D eigenvalue weighted by atomic mass is 9.97. The summed E-state index contributed by atoms with van der Waals surface area (Å²) < 4.78 is 0. The van der Waals surface area contributed by atoms with Crippen LogP contribution in [0.25, 0.3) is 0 Å². The molecule has 0 aliphatic heterocycles. The maximum absolute atomic E-state index is 4.20. The van der Waals surface area contributed by atoms with Gasteiger partial charge in [-0.05, 0) is 25.3 Å². The van der Waals surface area contributed by atoms with Crippen molar-refractivity contribution in [3.05, 3.63) is 16.6 Å². The van der Waals surface area contributed by atoms with E-state index >= 15 is 0 Å². The van der Waals surface area contributed by atoms with Crippen molar-refractivity contribution in [3.8, 4) is 0 Å². The van der Waals surface area contributed by atoms with E-state index in [-0.39, 0.29) is 0 Å². The quantitative estimate of drug-likeness (QED) is 0.816. The van der Waals surface area contributed by atoms with Gasteiger partial charge in [0.05, 0.1) is 5.51 Å². The van der Waals surface area contributed by atoms with Crippen molar-refractivity contribution in [1.82, 2.24) is 10.3 Å². The van der Waals surface area contributed by atoms with E-state index < -0.39 is 0 Å². The predicted octanol–water partition coefficient (Wildman–Crippen LogP) is 3.76. The van der Waals surface area contributed by atoms with Crippen LogP contribution < -0.4 is 5.32 Å². The number of hydrogen-bond acceptors (Lipinski definition) is 3. The Morgan fingerprint density at radius 1 is 1.50 bits per heavy atom. The number of nitrogens with one attached hydrogen (secondary N) is 1. The molecule has 1 atom stereocenters. The van der Waals surface area contributed by atoms with E-state index in [1.165, 1.54) is 43.4 Å². The Morgan fingerprint density at radius 2 is 2.31 bits per heavy atom. The minimum Gasteiger partial charge on any atom is -0.309 e. The predicted molar refractivity (Wildman–Crippen MR) is 69.7 cm³/mol. The largest absolute Gasteiger partial charge is 0.309 e.